The Bertz CT molecular complexity index is 409. The highest BCUT2D eigenvalue weighted by molar-refractivity contribution is 5.99. The molecule has 1 aliphatic carbocycles. The number of hydrogen-bond donors (Lipinski definition) is 1. The van der Waals surface area contributed by atoms with Gasteiger partial charge in [-0.1, -0.05) is 0 Å². The van der Waals surface area contributed by atoms with Gasteiger partial charge in [-0.25, -0.2) is 0 Å². The van der Waals surface area contributed by atoms with Gasteiger partial charge in [0.2, 0.25) is 11.8 Å². The summed E-state index contributed by atoms with van der Waals surface area (Å²) in [5, 5.41) is 2.90. The van der Waals surface area contributed by atoms with E-state index < -0.39 is 5.54 Å². The van der Waals surface area contributed by atoms with Gasteiger partial charge in [-0.3, -0.25) is 9.59 Å². The number of unbranched alkanes of at least 4 members (excludes halogenated alkanes) is 1. The first-order chi connectivity index (χ1) is 8.50. The fourth-order valence-electron chi connectivity index (χ4n) is 2.61. The quantitative estimate of drug-likeness (QED) is 0.594. The van der Waals surface area contributed by atoms with E-state index in [2.05, 4.69) is 11.2 Å². The fraction of sp³-hybridized carbons (Fsp3) is 0.714. The molecule has 1 saturated carbocycles. The van der Waals surface area contributed by atoms with Gasteiger partial charge in [0.1, 0.15) is 11.6 Å². The number of nitrogens with zero attached hydrogens (tertiary/aromatic N) is 1. The molecule has 2 amide bonds. The third-order valence-corrected chi connectivity index (χ3v) is 4.05. The van der Waals surface area contributed by atoms with Crippen molar-refractivity contribution < 1.29 is 9.59 Å². The normalized spacial score (nSPS) is 32.1. The molecule has 2 atom stereocenters. The molecule has 4 heteroatoms. The average molecular weight is 248 g/mol. The van der Waals surface area contributed by atoms with Crippen molar-refractivity contribution in [3.63, 3.8) is 0 Å². The van der Waals surface area contributed by atoms with Crippen molar-refractivity contribution in [1.82, 2.24) is 10.2 Å². The zero-order valence-electron chi connectivity index (χ0n) is 11.0. The summed E-state index contributed by atoms with van der Waals surface area (Å²) in [6.07, 6.45) is 8.65. The molecule has 1 saturated heterocycles. The number of carbonyl (C=O) groups is 2. The summed E-state index contributed by atoms with van der Waals surface area (Å²) in [5.41, 5.74) is -0.695. The molecule has 1 N–H and O–H groups in total. The maximum absolute atomic E-state index is 12.5. The van der Waals surface area contributed by atoms with Gasteiger partial charge in [0.15, 0.2) is 0 Å². The number of terminal acetylenes is 1. The van der Waals surface area contributed by atoms with E-state index in [9.17, 15) is 9.59 Å². The highest BCUT2D eigenvalue weighted by Gasteiger charge is 2.54. The Kier molecular flexibility index (Phi) is 3.34. The molecule has 0 spiro atoms. The van der Waals surface area contributed by atoms with Crippen LogP contribution in [0, 0.1) is 18.3 Å². The summed E-state index contributed by atoms with van der Waals surface area (Å²) >= 11 is 0. The van der Waals surface area contributed by atoms with Gasteiger partial charge in [0, 0.05) is 13.0 Å². The minimum Gasteiger partial charge on any atom is -0.340 e. The van der Waals surface area contributed by atoms with Crippen LogP contribution in [0.4, 0.5) is 0 Å². The molecule has 1 heterocycles. The van der Waals surface area contributed by atoms with Crippen molar-refractivity contribution in [2.75, 3.05) is 6.54 Å². The lowest BCUT2D eigenvalue weighted by Gasteiger charge is -2.43. The van der Waals surface area contributed by atoms with Gasteiger partial charge < -0.3 is 10.2 Å². The Labute approximate surface area is 108 Å². The molecule has 2 fully saturated rings. The highest BCUT2D eigenvalue weighted by Crippen LogP contribution is 2.42. The minimum atomic E-state index is -0.695. The number of carbonyl (C=O) groups excluding carboxylic acids is 2. The summed E-state index contributed by atoms with van der Waals surface area (Å²) in [4.78, 5) is 26.2. The molecule has 18 heavy (non-hydrogen) atoms. The van der Waals surface area contributed by atoms with Gasteiger partial charge in [-0.2, -0.15) is 0 Å². The van der Waals surface area contributed by atoms with Gasteiger partial charge in [-0.05, 0) is 39.0 Å². The molecule has 1 aliphatic heterocycles. The first-order valence-electron chi connectivity index (χ1n) is 6.57. The summed E-state index contributed by atoms with van der Waals surface area (Å²) in [5.74, 6) is 2.87. The number of hydrogen-bond acceptors (Lipinski definition) is 2. The lowest BCUT2D eigenvalue weighted by Crippen LogP contribution is -2.69. The SMILES string of the molecule is C#CCCCN1C(=O)C(C)(C2CC2)NC(=O)C1C. The van der Waals surface area contributed by atoms with Crippen LogP contribution in [0.25, 0.3) is 0 Å². The molecule has 0 aromatic heterocycles. The van der Waals surface area contributed by atoms with E-state index in [1.54, 1.807) is 11.8 Å². The third kappa shape index (κ3) is 2.10. The van der Waals surface area contributed by atoms with Crippen molar-refractivity contribution in [3.8, 4) is 12.3 Å². The zero-order chi connectivity index (χ0) is 13.3. The standard InChI is InChI=1S/C14H20N2O2/c1-4-5-6-9-16-10(2)12(17)15-14(3,13(16)18)11-7-8-11/h1,10-11H,5-9H2,2-3H3,(H,15,17). The zero-order valence-corrected chi connectivity index (χ0v) is 11.0. The molecule has 4 nitrogen and oxygen atoms in total. The smallest absolute Gasteiger partial charge is 0.248 e. The van der Waals surface area contributed by atoms with Gasteiger partial charge in [0.05, 0.1) is 0 Å². The van der Waals surface area contributed by atoms with Crippen molar-refractivity contribution >= 4 is 11.8 Å². The monoisotopic (exact) mass is 248 g/mol. The van der Waals surface area contributed by atoms with Crippen LogP contribution in [-0.4, -0.2) is 34.8 Å². The second kappa shape index (κ2) is 4.64. The number of piperazine rings is 1. The summed E-state index contributed by atoms with van der Waals surface area (Å²) in [6, 6.07) is -0.387. The predicted octanol–water partition coefficient (Wildman–Crippen LogP) is 0.915. The Morgan fingerprint density at radius 3 is 2.72 bits per heavy atom. The van der Waals surface area contributed by atoms with E-state index in [1.807, 2.05) is 6.92 Å². The number of nitrogens with one attached hydrogen (secondary N) is 1. The lowest BCUT2D eigenvalue weighted by atomic mass is 9.89. The van der Waals surface area contributed by atoms with Crippen LogP contribution < -0.4 is 5.32 Å². The number of amides is 2. The van der Waals surface area contributed by atoms with Crippen LogP contribution in [0.2, 0.25) is 0 Å². The first-order valence-corrected chi connectivity index (χ1v) is 6.57. The van der Waals surface area contributed by atoms with Crippen molar-refractivity contribution in [3.05, 3.63) is 0 Å². The summed E-state index contributed by atoms with van der Waals surface area (Å²) in [6.45, 7) is 4.19. The molecule has 98 valence electrons. The number of rotatable bonds is 4. The van der Waals surface area contributed by atoms with E-state index in [1.165, 1.54) is 0 Å². The Hall–Kier alpha value is -1.50. The molecule has 0 aromatic carbocycles. The second-order valence-electron chi connectivity index (χ2n) is 5.45. The molecule has 2 aliphatic rings. The minimum absolute atomic E-state index is 0.0501. The largest absolute Gasteiger partial charge is 0.340 e. The predicted molar refractivity (Wildman–Crippen MR) is 68.5 cm³/mol. The lowest BCUT2D eigenvalue weighted by molar-refractivity contribution is -0.154. The summed E-state index contributed by atoms with van der Waals surface area (Å²) in [7, 11) is 0. The van der Waals surface area contributed by atoms with E-state index in [4.69, 9.17) is 6.42 Å². The van der Waals surface area contributed by atoms with Gasteiger partial charge in [0.25, 0.3) is 0 Å². The van der Waals surface area contributed by atoms with E-state index in [0.717, 1.165) is 19.3 Å². The van der Waals surface area contributed by atoms with E-state index in [-0.39, 0.29) is 17.9 Å². The van der Waals surface area contributed by atoms with Crippen LogP contribution in [0.1, 0.15) is 39.5 Å². The van der Waals surface area contributed by atoms with Crippen LogP contribution in [0.5, 0.6) is 0 Å². The van der Waals surface area contributed by atoms with Gasteiger partial charge >= 0.3 is 0 Å². The van der Waals surface area contributed by atoms with E-state index >= 15 is 0 Å². The molecule has 2 rings (SSSR count). The molecule has 2 unspecified atom stereocenters. The summed E-state index contributed by atoms with van der Waals surface area (Å²) < 4.78 is 0. The maximum atomic E-state index is 12.5. The van der Waals surface area contributed by atoms with Crippen molar-refractivity contribution in [2.45, 2.75) is 51.1 Å². The van der Waals surface area contributed by atoms with Crippen LogP contribution in [0.3, 0.4) is 0 Å². The second-order valence-corrected chi connectivity index (χ2v) is 5.45. The van der Waals surface area contributed by atoms with Crippen molar-refractivity contribution in [2.24, 2.45) is 5.92 Å². The van der Waals surface area contributed by atoms with Crippen LogP contribution >= 0.6 is 0 Å². The topological polar surface area (TPSA) is 49.4 Å². The Balaban J connectivity index is 2.12. The molecule has 0 bridgehead atoms. The van der Waals surface area contributed by atoms with E-state index in [0.29, 0.717) is 18.9 Å². The molecule has 0 aromatic rings. The Morgan fingerprint density at radius 1 is 1.50 bits per heavy atom. The van der Waals surface area contributed by atoms with Crippen molar-refractivity contribution in [1.29, 1.82) is 0 Å². The Morgan fingerprint density at radius 2 is 2.17 bits per heavy atom. The molecular formula is C14H20N2O2. The average Bonchev–Trinajstić information content (AvgIpc) is 3.15. The first kappa shape index (κ1) is 12.9. The van der Waals surface area contributed by atoms with Gasteiger partial charge in [-0.15, -0.1) is 12.3 Å². The molecular weight excluding hydrogens is 228 g/mol. The maximum Gasteiger partial charge on any atom is 0.248 e. The fourth-order valence-corrected chi connectivity index (χ4v) is 2.61. The van der Waals surface area contributed by atoms with Crippen LogP contribution in [-0.2, 0) is 9.59 Å². The van der Waals surface area contributed by atoms with Crippen LogP contribution in [0.15, 0.2) is 0 Å². The third-order valence-electron chi connectivity index (χ3n) is 4.05. The molecule has 0 radical (unpaired) electrons. The highest BCUT2D eigenvalue weighted by atomic mass is 16.2.